The number of carbonyl (C=O) groups is 2. The number of nitrogens with one attached hydrogen (secondary N) is 1. The van der Waals surface area contributed by atoms with Crippen molar-refractivity contribution < 1.29 is 14.3 Å². The van der Waals surface area contributed by atoms with E-state index in [-0.39, 0.29) is 17.9 Å². The van der Waals surface area contributed by atoms with E-state index in [1.807, 2.05) is 66.0 Å². The molecule has 7 heteroatoms. The number of aromatic nitrogens is 1. The van der Waals surface area contributed by atoms with Crippen molar-refractivity contribution in [3.8, 4) is 5.75 Å². The highest BCUT2D eigenvalue weighted by atomic mass is 32.1. The van der Waals surface area contributed by atoms with Crippen molar-refractivity contribution in [3.63, 3.8) is 0 Å². The zero-order valence-corrected chi connectivity index (χ0v) is 23.2. The van der Waals surface area contributed by atoms with Gasteiger partial charge in [0.05, 0.1) is 23.9 Å². The smallest absolute Gasteiger partial charge is 0.272 e. The lowest BCUT2D eigenvalue weighted by Gasteiger charge is -2.47. The molecule has 1 atom stereocenters. The molecule has 39 heavy (non-hydrogen) atoms. The van der Waals surface area contributed by atoms with E-state index in [0.29, 0.717) is 18.8 Å². The lowest BCUT2D eigenvalue weighted by molar-refractivity contribution is -0.136. The molecule has 3 heterocycles. The number of thiophene rings is 1. The summed E-state index contributed by atoms with van der Waals surface area (Å²) in [6, 6.07) is 21.8. The van der Waals surface area contributed by atoms with Gasteiger partial charge in [0.1, 0.15) is 11.4 Å². The van der Waals surface area contributed by atoms with Crippen LogP contribution in [0.3, 0.4) is 0 Å². The third kappa shape index (κ3) is 4.73. The first-order valence-electron chi connectivity index (χ1n) is 14.0. The van der Waals surface area contributed by atoms with Gasteiger partial charge >= 0.3 is 0 Å². The summed E-state index contributed by atoms with van der Waals surface area (Å²) in [7, 11) is 1.64. The van der Waals surface area contributed by atoms with Crippen molar-refractivity contribution in [1.29, 1.82) is 0 Å². The van der Waals surface area contributed by atoms with Gasteiger partial charge in [0.2, 0.25) is 0 Å². The van der Waals surface area contributed by atoms with Crippen LogP contribution in [0.15, 0.2) is 72.1 Å². The number of amides is 2. The van der Waals surface area contributed by atoms with Gasteiger partial charge in [-0.25, -0.2) is 0 Å². The molecular weight excluding hydrogens is 506 g/mol. The number of fused-ring (bicyclic) bond motifs is 3. The van der Waals surface area contributed by atoms with Gasteiger partial charge in [-0.2, -0.15) is 0 Å². The Hall–Kier alpha value is -3.58. The summed E-state index contributed by atoms with van der Waals surface area (Å²) in [6.07, 6.45) is 7.89. The Morgan fingerprint density at radius 3 is 2.44 bits per heavy atom. The Bertz CT molecular complexity index is 1450. The molecule has 0 bridgehead atoms. The molecule has 4 aromatic rings. The minimum atomic E-state index is -1.19. The molecule has 202 valence electrons. The molecular formula is C32H35N3O3S. The van der Waals surface area contributed by atoms with E-state index < -0.39 is 5.54 Å². The topological polar surface area (TPSA) is 63.6 Å². The zero-order valence-electron chi connectivity index (χ0n) is 22.4. The summed E-state index contributed by atoms with van der Waals surface area (Å²) in [4.78, 5) is 30.9. The number of carbonyl (C=O) groups excluding carboxylic acids is 2. The zero-order chi connectivity index (χ0) is 26.8. The van der Waals surface area contributed by atoms with Crippen molar-refractivity contribution in [2.45, 2.75) is 69.6 Å². The largest absolute Gasteiger partial charge is 0.497 e. The lowest BCUT2D eigenvalue weighted by atomic mass is 9.83. The molecule has 1 saturated carbocycles. The first-order chi connectivity index (χ1) is 19.1. The van der Waals surface area contributed by atoms with Crippen molar-refractivity contribution in [2.75, 3.05) is 7.11 Å². The maximum absolute atomic E-state index is 14.7. The molecule has 2 aromatic carbocycles. The first-order valence-corrected chi connectivity index (χ1v) is 14.9. The predicted molar refractivity (Wildman–Crippen MR) is 155 cm³/mol. The maximum atomic E-state index is 14.7. The molecule has 0 radical (unpaired) electrons. The number of hydrogen-bond acceptors (Lipinski definition) is 4. The van der Waals surface area contributed by atoms with E-state index in [0.717, 1.165) is 52.8 Å². The standard InChI is InChI=1S/C32H35N3O3S/c1-38-26-16-14-23(15-17-26)21-35-30(36)28-20-29-27(18-19-39-29)34(28)22-32(35,24-10-6-5-7-11-24)31(37)33-25-12-8-3-2-4-9-13-25/h5-7,10-11,14-20,25H,2-4,8-9,12-13,21-22H2,1H3,(H,33,37)/t32-/m0/s1. The average Bonchev–Trinajstić information content (AvgIpc) is 3.55. The Kier molecular flexibility index (Phi) is 7.17. The van der Waals surface area contributed by atoms with E-state index in [1.165, 1.54) is 19.3 Å². The minimum absolute atomic E-state index is 0.0936. The van der Waals surface area contributed by atoms with Gasteiger partial charge in [-0.3, -0.25) is 9.59 Å². The van der Waals surface area contributed by atoms with Gasteiger partial charge in [0.15, 0.2) is 5.54 Å². The number of benzene rings is 2. The maximum Gasteiger partial charge on any atom is 0.272 e. The second kappa shape index (κ2) is 10.9. The van der Waals surface area contributed by atoms with Crippen LogP contribution in [0.1, 0.15) is 66.6 Å². The van der Waals surface area contributed by atoms with E-state index in [4.69, 9.17) is 4.74 Å². The van der Waals surface area contributed by atoms with Crippen molar-refractivity contribution in [2.24, 2.45) is 0 Å². The van der Waals surface area contributed by atoms with Crippen molar-refractivity contribution in [3.05, 3.63) is 88.9 Å². The van der Waals surface area contributed by atoms with Gasteiger partial charge in [-0.1, -0.05) is 74.6 Å². The molecule has 0 spiro atoms. The highest BCUT2D eigenvalue weighted by Gasteiger charge is 2.52. The van der Waals surface area contributed by atoms with Crippen molar-refractivity contribution >= 4 is 33.4 Å². The summed E-state index contributed by atoms with van der Waals surface area (Å²) in [5.74, 6) is 0.537. The Morgan fingerprint density at radius 2 is 1.72 bits per heavy atom. The second-order valence-corrected chi connectivity index (χ2v) is 11.7. The predicted octanol–water partition coefficient (Wildman–Crippen LogP) is 6.49. The molecule has 2 amide bonds. The number of nitrogens with zero attached hydrogens (tertiary/aromatic N) is 2. The normalized spacial score (nSPS) is 20.3. The molecule has 6 rings (SSSR count). The number of ether oxygens (including phenoxy) is 1. The van der Waals surface area contributed by atoms with Gasteiger partial charge in [0.25, 0.3) is 11.8 Å². The molecule has 0 unspecified atom stereocenters. The van der Waals surface area contributed by atoms with Crippen LogP contribution in [0, 0.1) is 0 Å². The van der Waals surface area contributed by atoms with Crippen LogP contribution in [-0.4, -0.2) is 34.4 Å². The molecule has 6 nitrogen and oxygen atoms in total. The summed E-state index contributed by atoms with van der Waals surface area (Å²) in [5, 5.41) is 5.50. The fourth-order valence-corrected chi connectivity index (χ4v) is 7.08. The number of rotatable bonds is 6. The molecule has 2 aromatic heterocycles. The SMILES string of the molecule is COc1ccc(CN2C(=O)c3cc4sccc4n3C[C@@]2(C(=O)NC2CCCCCCC2)c2ccccc2)cc1. The monoisotopic (exact) mass is 541 g/mol. The van der Waals surface area contributed by atoms with Gasteiger partial charge < -0.3 is 19.5 Å². The summed E-state index contributed by atoms with van der Waals surface area (Å²) in [6.45, 7) is 0.682. The first kappa shape index (κ1) is 25.7. The molecule has 2 aliphatic rings. The Morgan fingerprint density at radius 1 is 1.00 bits per heavy atom. The van der Waals surface area contributed by atoms with Gasteiger partial charge in [0, 0.05) is 12.6 Å². The Balaban J connectivity index is 1.48. The van der Waals surface area contributed by atoms with Crippen LogP contribution >= 0.6 is 11.3 Å². The quantitative estimate of drug-likeness (QED) is 0.303. The number of hydrogen-bond donors (Lipinski definition) is 1. The van der Waals surface area contributed by atoms with Crippen LogP contribution in [0.4, 0.5) is 0 Å². The minimum Gasteiger partial charge on any atom is -0.497 e. The summed E-state index contributed by atoms with van der Waals surface area (Å²) >= 11 is 1.62. The van der Waals surface area contributed by atoms with E-state index >= 15 is 0 Å². The van der Waals surface area contributed by atoms with Crippen LogP contribution in [-0.2, 0) is 23.4 Å². The van der Waals surface area contributed by atoms with E-state index in [1.54, 1.807) is 23.3 Å². The molecule has 1 aliphatic carbocycles. The van der Waals surface area contributed by atoms with Crippen LogP contribution in [0.5, 0.6) is 5.75 Å². The molecule has 1 fully saturated rings. The fourth-order valence-electron chi connectivity index (χ4n) is 6.26. The molecule has 1 aliphatic heterocycles. The number of methoxy groups -OCH3 is 1. The van der Waals surface area contributed by atoms with Crippen LogP contribution in [0.2, 0.25) is 0 Å². The Labute approximate surface area is 233 Å². The van der Waals surface area contributed by atoms with Crippen LogP contribution < -0.4 is 10.1 Å². The average molecular weight is 542 g/mol. The van der Waals surface area contributed by atoms with Crippen molar-refractivity contribution in [1.82, 2.24) is 14.8 Å². The van der Waals surface area contributed by atoms with E-state index in [2.05, 4.69) is 16.0 Å². The third-order valence-corrected chi connectivity index (χ3v) is 9.25. The summed E-state index contributed by atoms with van der Waals surface area (Å²) in [5.41, 5.74) is 2.23. The highest BCUT2D eigenvalue weighted by molar-refractivity contribution is 7.17. The fraction of sp³-hybridized carbons (Fsp3) is 0.375. The van der Waals surface area contributed by atoms with E-state index in [9.17, 15) is 9.59 Å². The molecule has 1 N–H and O–H groups in total. The summed E-state index contributed by atoms with van der Waals surface area (Å²) < 4.78 is 8.48. The molecule has 0 saturated heterocycles. The second-order valence-electron chi connectivity index (χ2n) is 10.8. The van der Waals surface area contributed by atoms with Gasteiger partial charge in [-0.05, 0) is 53.6 Å². The highest BCUT2D eigenvalue weighted by Crippen LogP contribution is 2.41. The lowest BCUT2D eigenvalue weighted by Crippen LogP contribution is -2.64. The third-order valence-electron chi connectivity index (χ3n) is 8.40. The van der Waals surface area contributed by atoms with Crippen LogP contribution in [0.25, 0.3) is 10.2 Å². The van der Waals surface area contributed by atoms with Gasteiger partial charge in [-0.15, -0.1) is 11.3 Å².